The average molecular weight is 779 g/mol. The van der Waals surface area contributed by atoms with Gasteiger partial charge in [0.15, 0.2) is 12.4 Å². The number of carbonyl (C=O) groups excluding carboxylic acids is 2. The second kappa shape index (κ2) is 36.0. The molecule has 0 aliphatic carbocycles. The first-order valence-electron chi connectivity index (χ1n) is 21.7. The van der Waals surface area contributed by atoms with E-state index in [1.165, 1.54) is 57.8 Å². The Morgan fingerprint density at radius 2 is 1.02 bits per heavy atom. The highest BCUT2D eigenvalue weighted by Crippen LogP contribution is 2.22. The van der Waals surface area contributed by atoms with Crippen LogP contribution in [0.4, 0.5) is 0 Å². The summed E-state index contributed by atoms with van der Waals surface area (Å²) in [5, 5.41) is 40.0. The minimum atomic E-state index is -1.60. The third kappa shape index (κ3) is 27.8. The monoisotopic (exact) mass is 779 g/mol. The molecule has 1 saturated heterocycles. The first-order chi connectivity index (χ1) is 26.8. The highest BCUT2D eigenvalue weighted by Gasteiger charge is 2.44. The van der Waals surface area contributed by atoms with Gasteiger partial charge in [-0.2, -0.15) is 0 Å². The standard InChI is InChI=1S/C45H78O10/c1-3-5-7-9-11-13-15-17-19-21-23-25-27-29-31-33-40(47)52-36-38(37-53-45-44(51)43(50)42(49)39(35-46)55-45)54-41(48)34-32-30-28-26-24-22-20-18-16-14-12-10-8-6-4-2/h11,13,17-20,23,25,38-39,42-46,49-51H,3-10,12,14-16,21-22,24,26-37H2,1-2H3/b13-11+,19-17+,20-18+,25-23+/t38-,39-,42+,43?,44?,45-/m0/s1. The van der Waals surface area contributed by atoms with E-state index in [4.69, 9.17) is 18.9 Å². The summed E-state index contributed by atoms with van der Waals surface area (Å²) in [6.07, 6.45) is 34.0. The van der Waals surface area contributed by atoms with Crippen molar-refractivity contribution in [2.75, 3.05) is 19.8 Å². The molecular weight excluding hydrogens is 700 g/mol. The zero-order chi connectivity index (χ0) is 40.2. The van der Waals surface area contributed by atoms with Crippen molar-refractivity contribution in [3.8, 4) is 0 Å². The molecule has 0 saturated carbocycles. The zero-order valence-corrected chi connectivity index (χ0v) is 34.4. The number of allylic oxidation sites excluding steroid dienone is 8. The first kappa shape index (κ1) is 50.7. The van der Waals surface area contributed by atoms with Crippen LogP contribution in [-0.2, 0) is 28.5 Å². The fourth-order valence-electron chi connectivity index (χ4n) is 6.19. The number of aliphatic hydroxyl groups excluding tert-OH is 4. The van der Waals surface area contributed by atoms with Gasteiger partial charge in [0, 0.05) is 12.8 Å². The van der Waals surface area contributed by atoms with Gasteiger partial charge in [0.25, 0.3) is 0 Å². The molecule has 318 valence electrons. The van der Waals surface area contributed by atoms with Gasteiger partial charge in [0.1, 0.15) is 31.0 Å². The van der Waals surface area contributed by atoms with Crippen molar-refractivity contribution in [1.82, 2.24) is 0 Å². The van der Waals surface area contributed by atoms with Gasteiger partial charge in [-0.1, -0.05) is 127 Å². The predicted molar refractivity (Wildman–Crippen MR) is 219 cm³/mol. The molecule has 0 spiro atoms. The molecular formula is C45H78O10. The van der Waals surface area contributed by atoms with E-state index < -0.39 is 55.4 Å². The zero-order valence-electron chi connectivity index (χ0n) is 34.4. The number of hydrogen-bond donors (Lipinski definition) is 4. The molecule has 0 aromatic rings. The summed E-state index contributed by atoms with van der Waals surface area (Å²) in [6.45, 7) is 3.33. The van der Waals surface area contributed by atoms with Crippen molar-refractivity contribution in [3.63, 3.8) is 0 Å². The third-order valence-corrected chi connectivity index (χ3v) is 9.69. The van der Waals surface area contributed by atoms with Crippen LogP contribution < -0.4 is 0 Å². The van der Waals surface area contributed by atoms with E-state index in [1.54, 1.807) is 0 Å². The second-order valence-corrected chi connectivity index (χ2v) is 14.8. The largest absolute Gasteiger partial charge is 0.462 e. The number of hydrogen-bond acceptors (Lipinski definition) is 10. The summed E-state index contributed by atoms with van der Waals surface area (Å²) in [5.41, 5.74) is 0. The molecule has 6 atom stereocenters. The summed E-state index contributed by atoms with van der Waals surface area (Å²) < 4.78 is 22.1. The molecule has 1 rings (SSSR count). The minimum Gasteiger partial charge on any atom is -0.462 e. The number of aliphatic hydroxyl groups is 4. The van der Waals surface area contributed by atoms with E-state index in [9.17, 15) is 30.0 Å². The molecule has 0 bridgehead atoms. The quantitative estimate of drug-likeness (QED) is 0.0279. The highest BCUT2D eigenvalue weighted by molar-refractivity contribution is 5.70. The Morgan fingerprint density at radius 1 is 0.564 bits per heavy atom. The molecule has 10 nitrogen and oxygen atoms in total. The fraction of sp³-hybridized carbons (Fsp3) is 0.778. The van der Waals surface area contributed by atoms with Crippen LogP contribution in [0.25, 0.3) is 0 Å². The van der Waals surface area contributed by atoms with E-state index in [0.717, 1.165) is 70.6 Å². The van der Waals surface area contributed by atoms with Crippen molar-refractivity contribution in [3.05, 3.63) is 48.6 Å². The van der Waals surface area contributed by atoms with E-state index in [0.29, 0.717) is 12.8 Å². The van der Waals surface area contributed by atoms with Crippen molar-refractivity contribution < 1.29 is 49.0 Å². The maximum atomic E-state index is 12.7. The lowest BCUT2D eigenvalue weighted by Gasteiger charge is -2.39. The molecule has 0 aromatic carbocycles. The van der Waals surface area contributed by atoms with E-state index in [1.807, 2.05) is 0 Å². The second-order valence-electron chi connectivity index (χ2n) is 14.8. The van der Waals surface area contributed by atoms with Crippen LogP contribution in [0.3, 0.4) is 0 Å². The van der Waals surface area contributed by atoms with Gasteiger partial charge in [0.05, 0.1) is 13.2 Å². The molecule has 0 radical (unpaired) electrons. The van der Waals surface area contributed by atoms with Gasteiger partial charge in [-0.05, 0) is 77.0 Å². The molecule has 0 aromatic heterocycles. The Balaban J connectivity index is 2.39. The summed E-state index contributed by atoms with van der Waals surface area (Å²) in [4.78, 5) is 25.3. The lowest BCUT2D eigenvalue weighted by Crippen LogP contribution is -2.59. The lowest BCUT2D eigenvalue weighted by molar-refractivity contribution is -0.305. The Hall–Kier alpha value is -2.34. The molecule has 55 heavy (non-hydrogen) atoms. The van der Waals surface area contributed by atoms with E-state index >= 15 is 0 Å². The van der Waals surface area contributed by atoms with Crippen LogP contribution in [-0.4, -0.2) is 89.0 Å². The SMILES string of the molecule is CCCCC/C=C/C/C=C/C/C=C/CCCCC(=O)OC[C@@H](CO[C@H]1O[C@@H](CO)[C@@H](O)C(O)C1O)OC(=O)CCCCCCC/C=C/CCCCCCCC. The van der Waals surface area contributed by atoms with Crippen molar-refractivity contribution in [2.24, 2.45) is 0 Å². The molecule has 1 fully saturated rings. The highest BCUT2D eigenvalue weighted by atomic mass is 16.7. The van der Waals surface area contributed by atoms with Crippen molar-refractivity contribution in [1.29, 1.82) is 0 Å². The molecule has 1 aliphatic heterocycles. The Bertz CT molecular complexity index is 1040. The molecule has 10 heteroatoms. The van der Waals surface area contributed by atoms with Gasteiger partial charge in [-0.25, -0.2) is 0 Å². The molecule has 4 N–H and O–H groups in total. The van der Waals surface area contributed by atoms with Gasteiger partial charge in [0.2, 0.25) is 0 Å². The van der Waals surface area contributed by atoms with Crippen LogP contribution in [0.2, 0.25) is 0 Å². The Kier molecular flexibility index (Phi) is 33.2. The van der Waals surface area contributed by atoms with Gasteiger partial charge in [-0.3, -0.25) is 9.59 Å². The van der Waals surface area contributed by atoms with Gasteiger partial charge in [-0.15, -0.1) is 0 Å². The van der Waals surface area contributed by atoms with Crippen molar-refractivity contribution >= 4 is 11.9 Å². The first-order valence-corrected chi connectivity index (χ1v) is 21.7. The smallest absolute Gasteiger partial charge is 0.306 e. The normalized spacial score (nSPS) is 21.0. The number of ether oxygens (including phenoxy) is 4. The topological polar surface area (TPSA) is 152 Å². The Labute approximate surface area is 333 Å². The maximum absolute atomic E-state index is 12.7. The minimum absolute atomic E-state index is 0.210. The van der Waals surface area contributed by atoms with Gasteiger partial charge >= 0.3 is 11.9 Å². The van der Waals surface area contributed by atoms with Crippen LogP contribution in [0, 0.1) is 0 Å². The van der Waals surface area contributed by atoms with Crippen LogP contribution >= 0.6 is 0 Å². The molecule has 0 amide bonds. The van der Waals surface area contributed by atoms with Crippen LogP contribution in [0.5, 0.6) is 0 Å². The fourth-order valence-corrected chi connectivity index (χ4v) is 6.19. The number of carbonyl (C=O) groups is 2. The molecule has 1 aliphatic rings. The van der Waals surface area contributed by atoms with Crippen molar-refractivity contribution in [2.45, 2.75) is 205 Å². The summed E-state index contributed by atoms with van der Waals surface area (Å²) in [7, 11) is 0. The summed E-state index contributed by atoms with van der Waals surface area (Å²) in [6, 6.07) is 0. The van der Waals surface area contributed by atoms with E-state index in [2.05, 4.69) is 62.5 Å². The molecule has 1 heterocycles. The average Bonchev–Trinajstić information content (AvgIpc) is 3.18. The molecule has 2 unspecified atom stereocenters. The Morgan fingerprint density at radius 3 is 1.62 bits per heavy atom. The van der Waals surface area contributed by atoms with Crippen LogP contribution in [0.1, 0.15) is 168 Å². The number of rotatable bonds is 35. The number of esters is 2. The maximum Gasteiger partial charge on any atom is 0.306 e. The van der Waals surface area contributed by atoms with Gasteiger partial charge < -0.3 is 39.4 Å². The number of unbranched alkanes of at least 4 members (excludes halogenated alkanes) is 16. The predicted octanol–water partition coefficient (Wildman–Crippen LogP) is 8.88. The van der Waals surface area contributed by atoms with Crippen LogP contribution in [0.15, 0.2) is 48.6 Å². The van der Waals surface area contributed by atoms with E-state index in [-0.39, 0.29) is 26.1 Å². The lowest BCUT2D eigenvalue weighted by atomic mass is 9.99. The summed E-state index contributed by atoms with van der Waals surface area (Å²) in [5.74, 6) is -0.864. The summed E-state index contributed by atoms with van der Waals surface area (Å²) >= 11 is 0. The third-order valence-electron chi connectivity index (χ3n) is 9.69.